The Bertz CT molecular complexity index is 378. The number of hydrogen-bond donors (Lipinski definition) is 2. The Morgan fingerprint density at radius 1 is 1.59 bits per heavy atom. The number of hydrogen-bond acceptors (Lipinski definition) is 4. The molecule has 5 heteroatoms. The van der Waals surface area contributed by atoms with Crippen molar-refractivity contribution in [1.29, 1.82) is 0 Å². The topological polar surface area (TPSA) is 58.4 Å². The standard InChI is InChI=1S/C12H19N3OS/c13-4-1-5-14-8-12(16)15-6-2-11-10(9-15)3-7-17-11/h3,7,14H,1-2,4-6,8-9,13H2. The summed E-state index contributed by atoms with van der Waals surface area (Å²) >= 11 is 1.80. The Hall–Kier alpha value is -0.910. The number of carbonyl (C=O) groups is 1. The Kier molecular flexibility index (Phi) is 4.53. The third kappa shape index (κ3) is 3.28. The quantitative estimate of drug-likeness (QED) is 0.754. The van der Waals surface area contributed by atoms with Crippen LogP contribution in [0.15, 0.2) is 11.4 Å². The van der Waals surface area contributed by atoms with Crippen LogP contribution in [0.4, 0.5) is 0 Å². The molecular weight excluding hydrogens is 234 g/mol. The molecule has 0 unspecified atom stereocenters. The number of nitrogens with two attached hydrogens (primary N) is 1. The first-order chi connectivity index (χ1) is 8.31. The van der Waals surface area contributed by atoms with Crippen molar-refractivity contribution in [2.45, 2.75) is 19.4 Å². The highest BCUT2D eigenvalue weighted by atomic mass is 32.1. The van der Waals surface area contributed by atoms with Gasteiger partial charge in [0.1, 0.15) is 0 Å². The molecule has 4 nitrogen and oxygen atoms in total. The van der Waals surface area contributed by atoms with Crippen LogP contribution in [0.2, 0.25) is 0 Å². The van der Waals surface area contributed by atoms with Crippen LogP contribution in [-0.2, 0) is 17.8 Å². The van der Waals surface area contributed by atoms with E-state index in [1.807, 2.05) is 4.90 Å². The lowest BCUT2D eigenvalue weighted by Crippen LogP contribution is -2.41. The van der Waals surface area contributed by atoms with Crippen LogP contribution in [0.25, 0.3) is 0 Å². The van der Waals surface area contributed by atoms with Crippen molar-refractivity contribution < 1.29 is 4.79 Å². The van der Waals surface area contributed by atoms with Gasteiger partial charge in [0.2, 0.25) is 5.91 Å². The third-order valence-corrected chi connectivity index (χ3v) is 4.02. The maximum Gasteiger partial charge on any atom is 0.236 e. The molecular formula is C12H19N3OS. The Labute approximate surface area is 106 Å². The highest BCUT2D eigenvalue weighted by Gasteiger charge is 2.20. The first kappa shape index (κ1) is 12.5. The van der Waals surface area contributed by atoms with E-state index in [-0.39, 0.29) is 5.91 Å². The fraction of sp³-hybridized carbons (Fsp3) is 0.583. The van der Waals surface area contributed by atoms with Crippen molar-refractivity contribution >= 4 is 17.2 Å². The number of rotatable bonds is 5. The second-order valence-corrected chi connectivity index (χ2v) is 5.25. The van der Waals surface area contributed by atoms with E-state index in [9.17, 15) is 4.79 Å². The van der Waals surface area contributed by atoms with Crippen molar-refractivity contribution in [1.82, 2.24) is 10.2 Å². The van der Waals surface area contributed by atoms with Crippen molar-refractivity contribution in [2.75, 3.05) is 26.2 Å². The normalized spacial score (nSPS) is 14.8. The van der Waals surface area contributed by atoms with E-state index in [1.165, 1.54) is 10.4 Å². The van der Waals surface area contributed by atoms with Gasteiger partial charge in [-0.25, -0.2) is 0 Å². The largest absolute Gasteiger partial charge is 0.337 e. The van der Waals surface area contributed by atoms with Gasteiger partial charge in [-0.1, -0.05) is 0 Å². The van der Waals surface area contributed by atoms with E-state index in [0.717, 1.165) is 32.5 Å². The SMILES string of the molecule is NCCCNCC(=O)N1CCc2sccc2C1. The minimum atomic E-state index is 0.193. The summed E-state index contributed by atoms with van der Waals surface area (Å²) in [5.41, 5.74) is 6.71. The first-order valence-electron chi connectivity index (χ1n) is 6.05. The van der Waals surface area contributed by atoms with Crippen LogP contribution in [0, 0.1) is 0 Å². The molecule has 0 spiro atoms. The minimum Gasteiger partial charge on any atom is -0.337 e. The molecule has 17 heavy (non-hydrogen) atoms. The van der Waals surface area contributed by atoms with Crippen molar-refractivity contribution in [3.8, 4) is 0 Å². The summed E-state index contributed by atoms with van der Waals surface area (Å²) in [7, 11) is 0. The maximum absolute atomic E-state index is 11.9. The lowest BCUT2D eigenvalue weighted by molar-refractivity contribution is -0.131. The van der Waals surface area contributed by atoms with E-state index in [2.05, 4.69) is 16.8 Å². The van der Waals surface area contributed by atoms with Gasteiger partial charge in [0.05, 0.1) is 6.54 Å². The number of carbonyl (C=O) groups excluding carboxylic acids is 1. The summed E-state index contributed by atoms with van der Waals surface area (Å²) in [4.78, 5) is 15.3. The molecule has 1 aromatic heterocycles. The zero-order valence-electron chi connectivity index (χ0n) is 9.95. The average Bonchev–Trinajstić information content (AvgIpc) is 2.81. The van der Waals surface area contributed by atoms with Crippen LogP contribution in [-0.4, -0.2) is 37.0 Å². The van der Waals surface area contributed by atoms with Crippen LogP contribution in [0.1, 0.15) is 16.9 Å². The molecule has 3 N–H and O–H groups in total. The summed E-state index contributed by atoms with van der Waals surface area (Å²) in [6.07, 6.45) is 1.92. The summed E-state index contributed by atoms with van der Waals surface area (Å²) in [5, 5.41) is 5.24. The lowest BCUT2D eigenvalue weighted by Gasteiger charge is -2.27. The number of nitrogens with zero attached hydrogens (tertiary/aromatic N) is 1. The summed E-state index contributed by atoms with van der Waals surface area (Å²) in [6.45, 7) is 3.55. The van der Waals surface area contributed by atoms with Crippen LogP contribution >= 0.6 is 11.3 Å². The van der Waals surface area contributed by atoms with Crippen molar-refractivity contribution in [3.05, 3.63) is 21.9 Å². The molecule has 0 saturated heterocycles. The van der Waals surface area contributed by atoms with Gasteiger partial charge in [-0.05, 0) is 42.9 Å². The van der Waals surface area contributed by atoms with Gasteiger partial charge in [-0.15, -0.1) is 11.3 Å². The van der Waals surface area contributed by atoms with E-state index >= 15 is 0 Å². The molecule has 2 heterocycles. The number of nitrogens with one attached hydrogen (secondary N) is 1. The molecule has 1 aliphatic heterocycles. The fourth-order valence-electron chi connectivity index (χ4n) is 2.00. The predicted molar refractivity (Wildman–Crippen MR) is 70.0 cm³/mol. The molecule has 0 atom stereocenters. The number of fused-ring (bicyclic) bond motifs is 1. The van der Waals surface area contributed by atoms with Gasteiger partial charge >= 0.3 is 0 Å². The van der Waals surface area contributed by atoms with E-state index in [1.54, 1.807) is 11.3 Å². The van der Waals surface area contributed by atoms with E-state index < -0.39 is 0 Å². The monoisotopic (exact) mass is 253 g/mol. The molecule has 1 aromatic rings. The average molecular weight is 253 g/mol. The predicted octanol–water partition coefficient (Wildman–Crippen LogP) is 0.571. The molecule has 0 aromatic carbocycles. The fourth-order valence-corrected chi connectivity index (χ4v) is 2.89. The van der Waals surface area contributed by atoms with Crippen molar-refractivity contribution in [3.63, 3.8) is 0 Å². The smallest absolute Gasteiger partial charge is 0.236 e. The Morgan fingerprint density at radius 3 is 3.29 bits per heavy atom. The lowest BCUT2D eigenvalue weighted by atomic mass is 10.1. The summed E-state index contributed by atoms with van der Waals surface area (Å²) < 4.78 is 0. The molecule has 94 valence electrons. The Balaban J connectivity index is 1.78. The summed E-state index contributed by atoms with van der Waals surface area (Å²) in [6, 6.07) is 2.13. The van der Waals surface area contributed by atoms with Crippen LogP contribution < -0.4 is 11.1 Å². The second kappa shape index (κ2) is 6.14. The third-order valence-electron chi connectivity index (χ3n) is 2.99. The minimum absolute atomic E-state index is 0.193. The summed E-state index contributed by atoms with van der Waals surface area (Å²) in [5.74, 6) is 0.193. The molecule has 1 amide bonds. The van der Waals surface area contributed by atoms with Gasteiger partial charge in [-0.2, -0.15) is 0 Å². The highest BCUT2D eigenvalue weighted by Crippen LogP contribution is 2.23. The Morgan fingerprint density at radius 2 is 2.47 bits per heavy atom. The number of thiophene rings is 1. The van der Waals surface area contributed by atoms with Gasteiger partial charge in [-0.3, -0.25) is 4.79 Å². The molecule has 0 saturated carbocycles. The molecule has 2 rings (SSSR count). The van der Waals surface area contributed by atoms with Crippen LogP contribution in [0.5, 0.6) is 0 Å². The van der Waals surface area contributed by atoms with Gasteiger partial charge in [0.15, 0.2) is 0 Å². The molecule has 0 radical (unpaired) electrons. The molecule has 0 fully saturated rings. The zero-order valence-corrected chi connectivity index (χ0v) is 10.8. The van der Waals surface area contributed by atoms with Crippen molar-refractivity contribution in [2.24, 2.45) is 5.73 Å². The van der Waals surface area contributed by atoms with Gasteiger partial charge in [0.25, 0.3) is 0 Å². The molecule has 0 aliphatic carbocycles. The molecule has 1 aliphatic rings. The number of amides is 1. The van der Waals surface area contributed by atoms with E-state index in [4.69, 9.17) is 5.73 Å². The highest BCUT2D eigenvalue weighted by molar-refractivity contribution is 7.10. The van der Waals surface area contributed by atoms with Gasteiger partial charge in [0, 0.05) is 18.0 Å². The van der Waals surface area contributed by atoms with E-state index in [0.29, 0.717) is 13.1 Å². The van der Waals surface area contributed by atoms with Crippen LogP contribution in [0.3, 0.4) is 0 Å². The second-order valence-electron chi connectivity index (χ2n) is 4.25. The zero-order chi connectivity index (χ0) is 12.1. The molecule has 0 bridgehead atoms. The van der Waals surface area contributed by atoms with Gasteiger partial charge < -0.3 is 16.0 Å². The maximum atomic E-state index is 11.9. The first-order valence-corrected chi connectivity index (χ1v) is 6.93.